The van der Waals surface area contributed by atoms with Gasteiger partial charge >= 0.3 is 6.18 Å². The monoisotopic (exact) mass is 327 g/mol. The summed E-state index contributed by atoms with van der Waals surface area (Å²) in [6, 6.07) is 2.90. The van der Waals surface area contributed by atoms with Gasteiger partial charge in [0.25, 0.3) is 5.91 Å². The van der Waals surface area contributed by atoms with Crippen LogP contribution in [0.25, 0.3) is 5.65 Å². The van der Waals surface area contributed by atoms with Gasteiger partial charge in [-0.25, -0.2) is 4.52 Å². The van der Waals surface area contributed by atoms with E-state index in [1.807, 2.05) is 0 Å². The molecule has 0 saturated heterocycles. The maximum atomic E-state index is 12.7. The number of carbonyl (C=O) groups excluding carboxylic acids is 1. The minimum atomic E-state index is -4.28. The van der Waals surface area contributed by atoms with Crippen molar-refractivity contribution in [3.8, 4) is 0 Å². The van der Waals surface area contributed by atoms with Gasteiger partial charge in [-0.1, -0.05) is 12.8 Å². The lowest BCUT2D eigenvalue weighted by molar-refractivity contribution is -0.137. The van der Waals surface area contributed by atoms with Crippen molar-refractivity contribution in [2.45, 2.75) is 44.3 Å². The van der Waals surface area contributed by atoms with Crippen LogP contribution in [-0.4, -0.2) is 49.6 Å². The summed E-state index contributed by atoms with van der Waals surface area (Å²) in [7, 11) is 0. The van der Waals surface area contributed by atoms with E-state index in [0.717, 1.165) is 25.7 Å². The number of fused-ring (bicyclic) bond motifs is 1. The molecule has 2 heterocycles. The van der Waals surface area contributed by atoms with Gasteiger partial charge in [0.15, 0.2) is 5.65 Å². The molecule has 1 fully saturated rings. The molecular weight excluding hydrogens is 311 g/mol. The van der Waals surface area contributed by atoms with Crippen molar-refractivity contribution in [2.75, 3.05) is 6.54 Å². The second-order valence-electron chi connectivity index (χ2n) is 5.70. The number of carbonyl (C=O) groups is 1. The van der Waals surface area contributed by atoms with E-state index in [1.165, 1.54) is 27.7 Å². The van der Waals surface area contributed by atoms with E-state index in [9.17, 15) is 18.0 Å². The Bertz CT molecular complexity index is 693. The first-order chi connectivity index (χ1) is 10.9. The summed E-state index contributed by atoms with van der Waals surface area (Å²) in [4.78, 5) is 14.1. The van der Waals surface area contributed by atoms with Gasteiger partial charge < -0.3 is 4.90 Å². The highest BCUT2D eigenvalue weighted by atomic mass is 19.4. The van der Waals surface area contributed by atoms with Crippen LogP contribution in [0.3, 0.4) is 0 Å². The van der Waals surface area contributed by atoms with Crippen LogP contribution >= 0.6 is 0 Å². The molecule has 1 amide bonds. The third-order valence-corrected chi connectivity index (χ3v) is 4.11. The van der Waals surface area contributed by atoms with Gasteiger partial charge in [-0.2, -0.15) is 13.2 Å². The number of nitrogens with zero attached hydrogens (tertiary/aromatic N) is 5. The van der Waals surface area contributed by atoms with Crippen LogP contribution in [0, 0.1) is 0 Å². The summed E-state index contributed by atoms with van der Waals surface area (Å²) in [6.45, 7) is -0.316. The van der Waals surface area contributed by atoms with Crippen molar-refractivity contribution in [3.05, 3.63) is 23.9 Å². The minimum Gasteiger partial charge on any atom is -0.335 e. The number of amides is 1. The average Bonchev–Trinajstić information content (AvgIpc) is 3.16. The lowest BCUT2D eigenvalue weighted by Gasteiger charge is -2.29. The Hall–Kier alpha value is -2.19. The third-order valence-electron chi connectivity index (χ3n) is 4.11. The third kappa shape index (κ3) is 3.59. The van der Waals surface area contributed by atoms with Crippen molar-refractivity contribution in [2.24, 2.45) is 0 Å². The molecule has 0 bridgehead atoms. The molecule has 9 heteroatoms. The number of aromatic nitrogens is 4. The van der Waals surface area contributed by atoms with Gasteiger partial charge in [-0.05, 0) is 35.4 Å². The fraction of sp³-hybridized carbons (Fsp3) is 0.571. The Morgan fingerprint density at radius 3 is 2.78 bits per heavy atom. The van der Waals surface area contributed by atoms with Crippen LogP contribution in [0.4, 0.5) is 13.2 Å². The average molecular weight is 327 g/mol. The quantitative estimate of drug-likeness (QED) is 0.865. The van der Waals surface area contributed by atoms with E-state index in [2.05, 4.69) is 15.5 Å². The Morgan fingerprint density at radius 2 is 2.09 bits per heavy atom. The Morgan fingerprint density at radius 1 is 1.35 bits per heavy atom. The Balaban J connectivity index is 1.83. The zero-order valence-electron chi connectivity index (χ0n) is 12.3. The van der Waals surface area contributed by atoms with Gasteiger partial charge in [0.05, 0.1) is 6.42 Å². The second-order valence-corrected chi connectivity index (χ2v) is 5.70. The van der Waals surface area contributed by atoms with Gasteiger partial charge in [0, 0.05) is 24.3 Å². The molecule has 6 nitrogen and oxygen atoms in total. The van der Waals surface area contributed by atoms with Crippen LogP contribution in [0.1, 0.15) is 42.5 Å². The topological polar surface area (TPSA) is 63.4 Å². The number of pyridine rings is 1. The van der Waals surface area contributed by atoms with Crippen LogP contribution in [0.15, 0.2) is 18.3 Å². The summed E-state index contributed by atoms with van der Waals surface area (Å²) in [6.07, 6.45) is -0.376. The van der Waals surface area contributed by atoms with E-state index in [-0.39, 0.29) is 12.6 Å². The van der Waals surface area contributed by atoms with Gasteiger partial charge in [-0.3, -0.25) is 4.79 Å². The van der Waals surface area contributed by atoms with Crippen molar-refractivity contribution >= 4 is 11.6 Å². The van der Waals surface area contributed by atoms with Crippen LogP contribution < -0.4 is 0 Å². The lowest BCUT2D eigenvalue weighted by Crippen LogP contribution is -2.41. The highest BCUT2D eigenvalue weighted by Crippen LogP contribution is 2.27. The van der Waals surface area contributed by atoms with E-state index < -0.39 is 18.5 Å². The molecular formula is C14H16F3N5O. The normalized spacial score (nSPS) is 16.1. The second kappa shape index (κ2) is 6.13. The molecule has 1 aliphatic rings. The SMILES string of the molecule is O=C(c1ccn2nnnc2c1)N(CCC(F)(F)F)C1CCCC1. The Kier molecular flexibility index (Phi) is 4.18. The van der Waals surface area contributed by atoms with Gasteiger partial charge in [0.1, 0.15) is 0 Å². The van der Waals surface area contributed by atoms with E-state index in [0.29, 0.717) is 11.2 Å². The maximum absolute atomic E-state index is 12.7. The molecule has 0 unspecified atom stereocenters. The zero-order chi connectivity index (χ0) is 16.4. The number of tetrazole rings is 1. The summed E-state index contributed by atoms with van der Waals surface area (Å²) in [5, 5.41) is 10.9. The molecule has 0 aromatic carbocycles. The van der Waals surface area contributed by atoms with E-state index in [1.54, 1.807) is 0 Å². The van der Waals surface area contributed by atoms with Crippen LogP contribution in [-0.2, 0) is 0 Å². The molecule has 0 radical (unpaired) electrons. The first kappa shape index (κ1) is 15.7. The molecule has 0 spiro atoms. The number of rotatable bonds is 4. The van der Waals surface area contributed by atoms with E-state index >= 15 is 0 Å². The number of hydrogen-bond donors (Lipinski definition) is 0. The maximum Gasteiger partial charge on any atom is 0.390 e. The molecule has 0 N–H and O–H groups in total. The fourth-order valence-corrected chi connectivity index (χ4v) is 2.95. The fourth-order valence-electron chi connectivity index (χ4n) is 2.95. The summed E-state index contributed by atoms with van der Waals surface area (Å²) in [5.41, 5.74) is 0.694. The molecule has 124 valence electrons. The molecule has 1 aliphatic carbocycles. The van der Waals surface area contributed by atoms with Crippen molar-refractivity contribution in [1.29, 1.82) is 0 Å². The minimum absolute atomic E-state index is 0.128. The molecule has 0 aliphatic heterocycles. The van der Waals surface area contributed by atoms with Gasteiger partial charge in [-0.15, -0.1) is 5.10 Å². The van der Waals surface area contributed by atoms with Crippen LogP contribution in [0.2, 0.25) is 0 Å². The van der Waals surface area contributed by atoms with Crippen molar-refractivity contribution < 1.29 is 18.0 Å². The van der Waals surface area contributed by atoms with E-state index in [4.69, 9.17) is 0 Å². The molecule has 23 heavy (non-hydrogen) atoms. The smallest absolute Gasteiger partial charge is 0.335 e. The Labute approximate surface area is 130 Å². The van der Waals surface area contributed by atoms with Crippen molar-refractivity contribution in [3.63, 3.8) is 0 Å². The molecule has 2 aromatic rings. The number of alkyl halides is 3. The first-order valence-corrected chi connectivity index (χ1v) is 7.49. The highest BCUT2D eigenvalue weighted by molar-refractivity contribution is 5.95. The lowest BCUT2D eigenvalue weighted by atomic mass is 10.1. The summed E-state index contributed by atoms with van der Waals surface area (Å²) >= 11 is 0. The molecule has 1 saturated carbocycles. The number of halogens is 3. The molecule has 0 atom stereocenters. The largest absolute Gasteiger partial charge is 0.390 e. The summed E-state index contributed by atoms with van der Waals surface area (Å²) < 4.78 is 39.1. The van der Waals surface area contributed by atoms with Crippen molar-refractivity contribution in [1.82, 2.24) is 24.9 Å². The summed E-state index contributed by atoms with van der Waals surface area (Å²) in [5.74, 6) is -0.397. The molecule has 2 aromatic heterocycles. The predicted molar refractivity (Wildman–Crippen MR) is 74.7 cm³/mol. The predicted octanol–water partition coefficient (Wildman–Crippen LogP) is 2.46. The zero-order valence-corrected chi connectivity index (χ0v) is 12.3. The number of hydrogen-bond acceptors (Lipinski definition) is 4. The standard InChI is InChI=1S/C14H16F3N5O/c15-14(16,17)6-8-21(11-3-1-2-4-11)13(23)10-5-7-22-12(9-10)18-19-20-22/h5,7,9,11H,1-4,6,8H2. The molecule has 3 rings (SSSR count). The first-order valence-electron chi connectivity index (χ1n) is 7.49. The van der Waals surface area contributed by atoms with Crippen LogP contribution in [0.5, 0.6) is 0 Å². The highest BCUT2D eigenvalue weighted by Gasteiger charge is 2.33. The van der Waals surface area contributed by atoms with Gasteiger partial charge in [0.2, 0.25) is 0 Å².